The Balaban J connectivity index is 2.31. The number of carbonyl (C=O) groups excluding carboxylic acids is 1. The molecule has 0 heterocycles. The number of benzene rings is 1. The van der Waals surface area contributed by atoms with E-state index in [9.17, 15) is 4.79 Å². The van der Waals surface area contributed by atoms with Crippen LogP contribution < -0.4 is 5.32 Å². The number of hydrogen-bond donors (Lipinski definition) is 2. The zero-order chi connectivity index (χ0) is 10.4. The fourth-order valence-electron chi connectivity index (χ4n) is 1.06. The Morgan fingerprint density at radius 3 is 2.57 bits per heavy atom. The van der Waals surface area contributed by atoms with Crippen LogP contribution in [-0.2, 0) is 11.2 Å². The van der Waals surface area contributed by atoms with Gasteiger partial charge in [-0.15, -0.1) is 0 Å². The number of amides is 1. The highest BCUT2D eigenvalue weighted by Crippen LogP contribution is 2.09. The zero-order valence-corrected chi connectivity index (χ0v) is 9.82. The number of alkyl halides is 1. The smallest absolute Gasteiger partial charge is 0.229 e. The van der Waals surface area contributed by atoms with Gasteiger partial charge in [-0.25, -0.2) is 0 Å². The molecule has 0 atom stereocenters. The summed E-state index contributed by atoms with van der Waals surface area (Å²) in [5.41, 5.74) is 1.11. The molecule has 0 aliphatic rings. The molecule has 0 aliphatic carbocycles. The highest BCUT2D eigenvalue weighted by Gasteiger charge is 1.97. The van der Waals surface area contributed by atoms with Gasteiger partial charge in [0.25, 0.3) is 0 Å². The standard InChI is InChI=1S/C10H12INO2/c11-7-10(14)12-6-5-8-1-3-9(13)4-2-8/h1-4,13H,5-7H2,(H,12,14). The molecule has 0 radical (unpaired) electrons. The minimum Gasteiger partial charge on any atom is -0.508 e. The Bertz CT molecular complexity index is 297. The lowest BCUT2D eigenvalue weighted by molar-refractivity contribution is -0.118. The largest absolute Gasteiger partial charge is 0.508 e. The summed E-state index contributed by atoms with van der Waals surface area (Å²) in [5.74, 6) is 0.328. The van der Waals surface area contributed by atoms with Crippen LogP contribution in [0.2, 0.25) is 0 Å². The van der Waals surface area contributed by atoms with Crippen molar-refractivity contribution in [3.05, 3.63) is 29.8 Å². The molecule has 3 nitrogen and oxygen atoms in total. The van der Waals surface area contributed by atoms with Crippen molar-refractivity contribution in [1.29, 1.82) is 0 Å². The summed E-state index contributed by atoms with van der Waals surface area (Å²) in [6, 6.07) is 7.00. The molecule has 0 saturated heterocycles. The number of aromatic hydroxyl groups is 1. The predicted molar refractivity (Wildman–Crippen MR) is 63.7 cm³/mol. The number of phenolic OH excluding ortho intramolecular Hbond substituents is 1. The van der Waals surface area contributed by atoms with E-state index in [0.717, 1.165) is 12.0 Å². The maximum atomic E-state index is 10.9. The lowest BCUT2D eigenvalue weighted by Crippen LogP contribution is -2.26. The van der Waals surface area contributed by atoms with Crippen LogP contribution in [0.1, 0.15) is 5.56 Å². The van der Waals surface area contributed by atoms with Crippen molar-refractivity contribution in [2.45, 2.75) is 6.42 Å². The van der Waals surface area contributed by atoms with Gasteiger partial charge in [0.05, 0.1) is 4.43 Å². The van der Waals surface area contributed by atoms with Gasteiger partial charge in [0.2, 0.25) is 5.91 Å². The first-order valence-corrected chi connectivity index (χ1v) is 5.85. The molecule has 0 aromatic heterocycles. The van der Waals surface area contributed by atoms with Crippen molar-refractivity contribution in [2.24, 2.45) is 0 Å². The van der Waals surface area contributed by atoms with Crippen LogP contribution in [0, 0.1) is 0 Å². The first-order valence-electron chi connectivity index (χ1n) is 4.33. The zero-order valence-electron chi connectivity index (χ0n) is 7.66. The van der Waals surface area contributed by atoms with Gasteiger partial charge in [0.15, 0.2) is 0 Å². The van der Waals surface area contributed by atoms with Crippen LogP contribution in [-0.4, -0.2) is 22.0 Å². The van der Waals surface area contributed by atoms with Gasteiger partial charge in [-0.3, -0.25) is 4.79 Å². The fourth-order valence-corrected chi connectivity index (χ4v) is 1.33. The summed E-state index contributed by atoms with van der Waals surface area (Å²) in [6.07, 6.45) is 0.794. The molecule has 1 aromatic carbocycles. The number of carbonyl (C=O) groups is 1. The number of halogens is 1. The molecular weight excluding hydrogens is 293 g/mol. The van der Waals surface area contributed by atoms with Crippen LogP contribution in [0.5, 0.6) is 5.75 Å². The Morgan fingerprint density at radius 2 is 2.00 bits per heavy atom. The monoisotopic (exact) mass is 305 g/mol. The molecule has 14 heavy (non-hydrogen) atoms. The molecule has 2 N–H and O–H groups in total. The second-order valence-corrected chi connectivity index (χ2v) is 3.66. The maximum Gasteiger partial charge on any atom is 0.229 e. The van der Waals surface area contributed by atoms with E-state index in [1.165, 1.54) is 0 Å². The minimum absolute atomic E-state index is 0.0596. The fraction of sp³-hybridized carbons (Fsp3) is 0.300. The molecule has 0 spiro atoms. The van der Waals surface area contributed by atoms with Crippen molar-refractivity contribution in [2.75, 3.05) is 11.0 Å². The first kappa shape index (κ1) is 11.3. The molecule has 0 saturated carbocycles. The summed E-state index contributed by atoms with van der Waals surface area (Å²) in [5, 5.41) is 11.8. The molecule has 0 fully saturated rings. The Morgan fingerprint density at radius 1 is 1.36 bits per heavy atom. The maximum absolute atomic E-state index is 10.9. The van der Waals surface area contributed by atoms with E-state index in [1.54, 1.807) is 12.1 Å². The number of phenols is 1. The predicted octanol–water partition coefficient (Wildman–Crippen LogP) is 1.49. The third-order valence-electron chi connectivity index (χ3n) is 1.79. The van der Waals surface area contributed by atoms with Gasteiger partial charge < -0.3 is 10.4 Å². The Labute approximate surface area is 96.7 Å². The van der Waals surface area contributed by atoms with Crippen LogP contribution in [0.25, 0.3) is 0 Å². The normalized spacial score (nSPS) is 9.79. The molecule has 76 valence electrons. The van der Waals surface area contributed by atoms with Gasteiger partial charge >= 0.3 is 0 Å². The quantitative estimate of drug-likeness (QED) is 0.654. The lowest BCUT2D eigenvalue weighted by atomic mass is 10.1. The molecule has 1 amide bonds. The number of rotatable bonds is 4. The average Bonchev–Trinajstić information content (AvgIpc) is 2.21. The van der Waals surface area contributed by atoms with Gasteiger partial charge in [0, 0.05) is 6.54 Å². The average molecular weight is 305 g/mol. The van der Waals surface area contributed by atoms with E-state index in [-0.39, 0.29) is 11.7 Å². The molecule has 0 bridgehead atoms. The molecule has 1 aromatic rings. The second-order valence-electron chi connectivity index (χ2n) is 2.90. The second kappa shape index (κ2) is 5.85. The summed E-state index contributed by atoms with van der Waals surface area (Å²) in [4.78, 5) is 10.9. The minimum atomic E-state index is 0.0596. The van der Waals surface area contributed by atoms with E-state index in [0.29, 0.717) is 11.0 Å². The van der Waals surface area contributed by atoms with Crippen molar-refractivity contribution in [3.63, 3.8) is 0 Å². The van der Waals surface area contributed by atoms with Crippen molar-refractivity contribution >= 4 is 28.5 Å². The molecular formula is C10H12INO2. The Kier molecular flexibility index (Phi) is 4.72. The van der Waals surface area contributed by atoms with E-state index in [2.05, 4.69) is 5.32 Å². The summed E-state index contributed by atoms with van der Waals surface area (Å²) in [7, 11) is 0. The van der Waals surface area contributed by atoms with E-state index in [4.69, 9.17) is 5.11 Å². The van der Waals surface area contributed by atoms with E-state index >= 15 is 0 Å². The number of hydrogen-bond acceptors (Lipinski definition) is 2. The highest BCUT2D eigenvalue weighted by molar-refractivity contribution is 14.1. The first-order chi connectivity index (χ1) is 6.72. The SMILES string of the molecule is O=C(CI)NCCc1ccc(O)cc1. The number of nitrogens with one attached hydrogen (secondary N) is 1. The molecule has 1 rings (SSSR count). The van der Waals surface area contributed by atoms with E-state index < -0.39 is 0 Å². The molecule has 0 unspecified atom stereocenters. The summed E-state index contributed by atoms with van der Waals surface area (Å²) >= 11 is 2.03. The van der Waals surface area contributed by atoms with Crippen molar-refractivity contribution in [3.8, 4) is 5.75 Å². The van der Waals surface area contributed by atoms with Gasteiger partial charge in [-0.1, -0.05) is 34.7 Å². The highest BCUT2D eigenvalue weighted by atomic mass is 127. The Hall–Kier alpha value is -0.780. The summed E-state index contributed by atoms with van der Waals surface area (Å²) in [6.45, 7) is 0.645. The third-order valence-corrected chi connectivity index (χ3v) is 2.49. The van der Waals surface area contributed by atoms with Gasteiger partial charge in [0.1, 0.15) is 5.75 Å². The van der Waals surface area contributed by atoms with Crippen LogP contribution in [0.4, 0.5) is 0 Å². The topological polar surface area (TPSA) is 49.3 Å². The van der Waals surface area contributed by atoms with Crippen LogP contribution in [0.15, 0.2) is 24.3 Å². The van der Waals surface area contributed by atoms with Gasteiger partial charge in [-0.2, -0.15) is 0 Å². The lowest BCUT2D eigenvalue weighted by Gasteiger charge is -2.03. The van der Waals surface area contributed by atoms with Crippen LogP contribution in [0.3, 0.4) is 0 Å². The van der Waals surface area contributed by atoms with Gasteiger partial charge in [-0.05, 0) is 24.1 Å². The van der Waals surface area contributed by atoms with Crippen molar-refractivity contribution in [1.82, 2.24) is 5.32 Å². The van der Waals surface area contributed by atoms with Crippen LogP contribution >= 0.6 is 22.6 Å². The third kappa shape index (κ3) is 3.95. The summed E-state index contributed by atoms with van der Waals surface area (Å²) < 4.78 is 0.493. The molecule has 0 aliphatic heterocycles. The van der Waals surface area contributed by atoms with E-state index in [1.807, 2.05) is 34.7 Å². The van der Waals surface area contributed by atoms with Crippen molar-refractivity contribution < 1.29 is 9.90 Å². The molecule has 4 heteroatoms.